The highest BCUT2D eigenvalue weighted by Gasteiger charge is 2.39. The van der Waals surface area contributed by atoms with Crippen molar-refractivity contribution in [2.24, 2.45) is 0 Å². The standard InChI is InChI=1S/C20H28N2O5S/c1-28(24,25)21-17-10-11-22-18(17)12-26-15-8-6-14(7-9-15)16-4-2-3-5-19(16)27-13-20(22)23/h2-5,14-15,17-18,21H,6-13H2,1H3/t14?,15?,17-,18-/m0/s1. The van der Waals surface area contributed by atoms with Gasteiger partial charge in [-0.1, -0.05) is 18.2 Å². The number of hydrogen-bond donors (Lipinski definition) is 1. The zero-order chi connectivity index (χ0) is 19.7. The number of rotatable bonds is 2. The largest absolute Gasteiger partial charge is 0.483 e. The van der Waals surface area contributed by atoms with Crippen LogP contribution in [-0.4, -0.2) is 63.4 Å². The summed E-state index contributed by atoms with van der Waals surface area (Å²) < 4.78 is 38.3. The van der Waals surface area contributed by atoms with E-state index in [0.29, 0.717) is 25.5 Å². The molecule has 2 fully saturated rings. The molecule has 5 rings (SSSR count). The number of benzene rings is 1. The summed E-state index contributed by atoms with van der Waals surface area (Å²) in [6.07, 6.45) is 5.86. The quantitative estimate of drug-likeness (QED) is 0.804. The van der Waals surface area contributed by atoms with Crippen molar-refractivity contribution in [3.63, 3.8) is 0 Å². The molecule has 3 heterocycles. The highest BCUT2D eigenvalue weighted by atomic mass is 32.2. The van der Waals surface area contributed by atoms with Gasteiger partial charge >= 0.3 is 0 Å². The number of carbonyl (C=O) groups is 1. The number of amides is 1. The number of nitrogens with zero attached hydrogens (tertiary/aromatic N) is 1. The number of carbonyl (C=O) groups excluding carboxylic acids is 1. The van der Waals surface area contributed by atoms with Crippen molar-refractivity contribution >= 4 is 15.9 Å². The van der Waals surface area contributed by atoms with Gasteiger partial charge in [0.05, 0.1) is 25.0 Å². The van der Waals surface area contributed by atoms with Crippen molar-refractivity contribution in [2.75, 3.05) is 26.0 Å². The number of sulfonamides is 1. The van der Waals surface area contributed by atoms with E-state index >= 15 is 0 Å². The van der Waals surface area contributed by atoms with E-state index in [2.05, 4.69) is 10.8 Å². The summed E-state index contributed by atoms with van der Waals surface area (Å²) in [5.41, 5.74) is 1.17. The van der Waals surface area contributed by atoms with Crippen LogP contribution >= 0.6 is 0 Å². The first kappa shape index (κ1) is 19.7. The van der Waals surface area contributed by atoms with Gasteiger partial charge in [0, 0.05) is 12.6 Å². The van der Waals surface area contributed by atoms with Crippen LogP contribution in [0.1, 0.15) is 43.6 Å². The molecule has 7 nitrogen and oxygen atoms in total. The van der Waals surface area contributed by atoms with Gasteiger partial charge in [-0.3, -0.25) is 4.79 Å². The summed E-state index contributed by atoms with van der Waals surface area (Å²) in [6.45, 7) is 0.800. The van der Waals surface area contributed by atoms with Crippen LogP contribution in [0.4, 0.5) is 0 Å². The Kier molecular flexibility index (Phi) is 5.62. The fourth-order valence-electron chi connectivity index (χ4n) is 4.73. The van der Waals surface area contributed by atoms with Crippen LogP contribution in [0.2, 0.25) is 0 Å². The maximum absolute atomic E-state index is 12.9. The summed E-state index contributed by atoms with van der Waals surface area (Å²) in [4.78, 5) is 14.6. The average molecular weight is 409 g/mol. The lowest BCUT2D eigenvalue weighted by Crippen LogP contribution is -2.50. The van der Waals surface area contributed by atoms with Crippen LogP contribution in [0.3, 0.4) is 0 Å². The van der Waals surface area contributed by atoms with Crippen molar-refractivity contribution in [2.45, 2.75) is 56.2 Å². The Morgan fingerprint density at radius 1 is 1.11 bits per heavy atom. The third-order valence-electron chi connectivity index (χ3n) is 6.12. The van der Waals surface area contributed by atoms with Gasteiger partial charge in [0.2, 0.25) is 10.0 Å². The van der Waals surface area contributed by atoms with Gasteiger partial charge in [0.25, 0.3) is 5.91 Å². The minimum absolute atomic E-state index is 0.0464. The fourth-order valence-corrected chi connectivity index (χ4v) is 5.55. The van der Waals surface area contributed by atoms with Crippen LogP contribution in [0.5, 0.6) is 5.75 Å². The Morgan fingerprint density at radius 2 is 1.86 bits per heavy atom. The minimum atomic E-state index is -3.36. The normalized spacial score (nSPS) is 31.2. The molecule has 1 aromatic carbocycles. The molecular formula is C20H28N2O5S. The molecule has 1 aromatic rings. The van der Waals surface area contributed by atoms with Gasteiger partial charge in [-0.05, 0) is 49.7 Å². The Balaban J connectivity index is 1.59. The minimum Gasteiger partial charge on any atom is -0.483 e. The summed E-state index contributed by atoms with van der Waals surface area (Å²) in [7, 11) is -3.36. The molecule has 0 radical (unpaired) electrons. The molecule has 4 aliphatic rings. The van der Waals surface area contributed by atoms with E-state index < -0.39 is 10.0 Å². The lowest BCUT2D eigenvalue weighted by atomic mass is 9.82. The second-order valence-corrected chi connectivity index (χ2v) is 9.85. The lowest BCUT2D eigenvalue weighted by Gasteiger charge is -2.32. The van der Waals surface area contributed by atoms with Gasteiger partial charge in [-0.25, -0.2) is 13.1 Å². The molecule has 3 aliphatic heterocycles. The van der Waals surface area contributed by atoms with Crippen molar-refractivity contribution in [1.82, 2.24) is 9.62 Å². The van der Waals surface area contributed by atoms with Crippen LogP contribution in [-0.2, 0) is 19.6 Å². The third-order valence-corrected chi connectivity index (χ3v) is 6.85. The zero-order valence-electron chi connectivity index (χ0n) is 16.2. The van der Waals surface area contributed by atoms with E-state index in [1.807, 2.05) is 18.2 Å². The van der Waals surface area contributed by atoms with Gasteiger partial charge in [-0.15, -0.1) is 0 Å². The summed E-state index contributed by atoms with van der Waals surface area (Å²) in [6, 6.07) is 7.34. The average Bonchev–Trinajstić information content (AvgIpc) is 3.05. The van der Waals surface area contributed by atoms with Crippen molar-refractivity contribution in [3.05, 3.63) is 29.8 Å². The predicted octanol–water partition coefficient (Wildman–Crippen LogP) is 1.64. The van der Waals surface area contributed by atoms with Crippen LogP contribution in [0.15, 0.2) is 24.3 Å². The summed E-state index contributed by atoms with van der Waals surface area (Å²) in [5, 5.41) is 0. The topological polar surface area (TPSA) is 84.9 Å². The Bertz CT molecular complexity index is 820. The van der Waals surface area contributed by atoms with Crippen LogP contribution in [0, 0.1) is 0 Å². The molecular weight excluding hydrogens is 380 g/mol. The maximum atomic E-state index is 12.9. The first-order chi connectivity index (χ1) is 13.4. The highest BCUT2D eigenvalue weighted by molar-refractivity contribution is 7.88. The van der Waals surface area contributed by atoms with Crippen LogP contribution < -0.4 is 9.46 Å². The molecule has 2 atom stereocenters. The van der Waals surface area contributed by atoms with E-state index in [-0.39, 0.29) is 30.7 Å². The SMILES string of the molecule is CS(=O)(=O)N[C@H]1CCN2C(=O)COc3ccccc3C3CCC(CC3)OC[C@@H]12. The third kappa shape index (κ3) is 4.34. The monoisotopic (exact) mass is 408 g/mol. The molecule has 1 amide bonds. The summed E-state index contributed by atoms with van der Waals surface area (Å²) in [5.74, 6) is 1.07. The van der Waals surface area contributed by atoms with Gasteiger partial charge < -0.3 is 14.4 Å². The number of fused-ring (bicyclic) bond motifs is 5. The smallest absolute Gasteiger partial charge is 0.260 e. The second-order valence-electron chi connectivity index (χ2n) is 8.07. The Hall–Kier alpha value is -1.64. The molecule has 1 N–H and O–H groups in total. The summed E-state index contributed by atoms with van der Waals surface area (Å²) >= 11 is 0. The fraction of sp³-hybridized carbons (Fsp3) is 0.650. The van der Waals surface area contributed by atoms with Crippen molar-refractivity contribution in [1.29, 1.82) is 0 Å². The maximum Gasteiger partial charge on any atom is 0.260 e. The van der Waals surface area contributed by atoms with Crippen molar-refractivity contribution in [3.8, 4) is 5.75 Å². The number of hydrogen-bond acceptors (Lipinski definition) is 5. The van der Waals surface area contributed by atoms with Gasteiger partial charge in [-0.2, -0.15) is 0 Å². The lowest BCUT2D eigenvalue weighted by molar-refractivity contribution is -0.136. The van der Waals surface area contributed by atoms with E-state index in [9.17, 15) is 13.2 Å². The molecule has 0 spiro atoms. The molecule has 1 saturated carbocycles. The Morgan fingerprint density at radius 3 is 2.61 bits per heavy atom. The first-order valence-corrected chi connectivity index (χ1v) is 11.9. The zero-order valence-corrected chi connectivity index (χ0v) is 17.0. The van der Waals surface area contributed by atoms with E-state index in [1.54, 1.807) is 4.90 Å². The van der Waals surface area contributed by atoms with Gasteiger partial charge in [0.1, 0.15) is 5.75 Å². The molecule has 1 aliphatic carbocycles. The number of ether oxygens (including phenoxy) is 2. The highest BCUT2D eigenvalue weighted by Crippen LogP contribution is 2.38. The molecule has 28 heavy (non-hydrogen) atoms. The Labute approximate surface area is 166 Å². The first-order valence-electron chi connectivity index (χ1n) is 10.0. The number of nitrogens with one attached hydrogen (secondary N) is 1. The van der Waals surface area contributed by atoms with Gasteiger partial charge in [0.15, 0.2) is 6.61 Å². The van der Waals surface area contributed by atoms with E-state index in [0.717, 1.165) is 37.7 Å². The molecule has 0 aromatic heterocycles. The number of para-hydroxylation sites is 1. The molecule has 8 heteroatoms. The van der Waals surface area contributed by atoms with E-state index in [4.69, 9.17) is 9.47 Å². The molecule has 154 valence electrons. The predicted molar refractivity (Wildman–Crippen MR) is 105 cm³/mol. The van der Waals surface area contributed by atoms with Crippen LogP contribution in [0.25, 0.3) is 0 Å². The second kappa shape index (κ2) is 8.00. The molecule has 2 bridgehead atoms. The van der Waals surface area contributed by atoms with Crippen molar-refractivity contribution < 1.29 is 22.7 Å². The molecule has 1 saturated heterocycles. The van der Waals surface area contributed by atoms with E-state index in [1.165, 1.54) is 5.56 Å². The molecule has 0 unspecified atom stereocenters.